The minimum atomic E-state index is 0.154. The highest BCUT2D eigenvalue weighted by Crippen LogP contribution is 2.08. The summed E-state index contributed by atoms with van der Waals surface area (Å²) in [5.41, 5.74) is 5.49. The first-order valence-corrected chi connectivity index (χ1v) is 5.48. The second kappa shape index (κ2) is 6.71. The summed E-state index contributed by atoms with van der Waals surface area (Å²) >= 11 is 3.28. The van der Waals surface area contributed by atoms with Crippen LogP contribution in [0.4, 0.5) is 5.95 Å². The van der Waals surface area contributed by atoms with E-state index in [-0.39, 0.29) is 6.04 Å². The highest BCUT2D eigenvalue weighted by molar-refractivity contribution is 9.10. The van der Waals surface area contributed by atoms with E-state index in [0.29, 0.717) is 19.1 Å². The van der Waals surface area contributed by atoms with Gasteiger partial charge in [0, 0.05) is 19.5 Å². The average Bonchev–Trinajstić information content (AvgIpc) is 2.22. The lowest BCUT2D eigenvalue weighted by atomic mass is 10.2. The summed E-state index contributed by atoms with van der Waals surface area (Å²) in [4.78, 5) is 8.23. The highest BCUT2D eigenvalue weighted by atomic mass is 79.9. The zero-order chi connectivity index (χ0) is 11.1. The third-order valence-corrected chi connectivity index (χ3v) is 2.25. The molecule has 1 heterocycles. The van der Waals surface area contributed by atoms with Gasteiger partial charge in [-0.1, -0.05) is 0 Å². The van der Waals surface area contributed by atoms with Gasteiger partial charge in [0.15, 0.2) is 0 Å². The van der Waals surface area contributed by atoms with Crippen LogP contribution in [0.2, 0.25) is 0 Å². The van der Waals surface area contributed by atoms with Crippen molar-refractivity contribution >= 4 is 21.9 Å². The van der Waals surface area contributed by atoms with E-state index in [4.69, 9.17) is 10.5 Å². The van der Waals surface area contributed by atoms with Crippen molar-refractivity contribution < 1.29 is 4.74 Å². The van der Waals surface area contributed by atoms with Gasteiger partial charge in [-0.25, -0.2) is 9.97 Å². The van der Waals surface area contributed by atoms with Gasteiger partial charge in [-0.15, -0.1) is 0 Å². The van der Waals surface area contributed by atoms with Crippen LogP contribution in [0.5, 0.6) is 0 Å². The standard InChI is InChI=1S/C9H15BrN4O/c1-15-6-8(2-3-11)14-9-12-4-7(10)5-13-9/h4-5,8H,2-3,6,11H2,1H3,(H,12,13,14). The second-order valence-corrected chi connectivity index (χ2v) is 4.01. The Kier molecular flexibility index (Phi) is 5.52. The molecule has 0 fully saturated rings. The predicted molar refractivity (Wildman–Crippen MR) is 62.7 cm³/mol. The van der Waals surface area contributed by atoms with Crippen molar-refractivity contribution in [2.45, 2.75) is 12.5 Å². The van der Waals surface area contributed by atoms with Crippen LogP contribution in [-0.2, 0) is 4.74 Å². The third kappa shape index (κ3) is 4.55. The molecule has 0 saturated carbocycles. The SMILES string of the molecule is COCC(CCN)Nc1ncc(Br)cn1. The molecule has 5 nitrogen and oxygen atoms in total. The van der Waals surface area contributed by atoms with E-state index in [1.54, 1.807) is 19.5 Å². The van der Waals surface area contributed by atoms with E-state index in [1.807, 2.05) is 0 Å². The number of methoxy groups -OCH3 is 1. The Morgan fingerprint density at radius 1 is 1.53 bits per heavy atom. The van der Waals surface area contributed by atoms with Crippen LogP contribution in [0.1, 0.15) is 6.42 Å². The first-order chi connectivity index (χ1) is 7.26. The number of nitrogens with one attached hydrogen (secondary N) is 1. The molecule has 1 aromatic rings. The third-order valence-electron chi connectivity index (χ3n) is 1.84. The smallest absolute Gasteiger partial charge is 0.222 e. The summed E-state index contributed by atoms with van der Waals surface area (Å²) in [6.07, 6.45) is 4.22. The summed E-state index contributed by atoms with van der Waals surface area (Å²) in [7, 11) is 1.66. The minimum absolute atomic E-state index is 0.154. The molecule has 1 atom stereocenters. The Balaban J connectivity index is 2.53. The van der Waals surface area contributed by atoms with Crippen molar-refractivity contribution in [3.8, 4) is 0 Å². The maximum atomic E-state index is 5.49. The summed E-state index contributed by atoms with van der Waals surface area (Å²) in [6, 6.07) is 0.154. The highest BCUT2D eigenvalue weighted by Gasteiger charge is 2.08. The van der Waals surface area contributed by atoms with Crippen LogP contribution in [0.3, 0.4) is 0 Å². The number of hydrogen-bond acceptors (Lipinski definition) is 5. The van der Waals surface area contributed by atoms with Crippen LogP contribution in [0.15, 0.2) is 16.9 Å². The van der Waals surface area contributed by atoms with Gasteiger partial charge in [0.25, 0.3) is 0 Å². The van der Waals surface area contributed by atoms with E-state index < -0.39 is 0 Å². The Morgan fingerprint density at radius 3 is 2.73 bits per heavy atom. The van der Waals surface area contributed by atoms with Crippen molar-refractivity contribution in [1.82, 2.24) is 9.97 Å². The fourth-order valence-electron chi connectivity index (χ4n) is 1.17. The molecule has 84 valence electrons. The van der Waals surface area contributed by atoms with Crippen LogP contribution < -0.4 is 11.1 Å². The molecule has 1 unspecified atom stereocenters. The fraction of sp³-hybridized carbons (Fsp3) is 0.556. The molecule has 1 aromatic heterocycles. The molecule has 0 aliphatic heterocycles. The predicted octanol–water partition coefficient (Wildman–Crippen LogP) is 1.01. The monoisotopic (exact) mass is 274 g/mol. The lowest BCUT2D eigenvalue weighted by Crippen LogP contribution is -2.28. The van der Waals surface area contributed by atoms with Crippen LogP contribution >= 0.6 is 15.9 Å². The number of rotatable bonds is 6. The van der Waals surface area contributed by atoms with Gasteiger partial charge in [-0.05, 0) is 28.9 Å². The maximum Gasteiger partial charge on any atom is 0.222 e. The number of halogens is 1. The second-order valence-electron chi connectivity index (χ2n) is 3.10. The molecule has 0 aromatic carbocycles. The van der Waals surface area contributed by atoms with Crippen molar-refractivity contribution in [3.05, 3.63) is 16.9 Å². The topological polar surface area (TPSA) is 73.1 Å². The van der Waals surface area contributed by atoms with E-state index >= 15 is 0 Å². The molecule has 3 N–H and O–H groups in total. The minimum Gasteiger partial charge on any atom is -0.383 e. The normalized spacial score (nSPS) is 12.5. The molecule has 0 aliphatic carbocycles. The van der Waals surface area contributed by atoms with Crippen molar-refractivity contribution in [3.63, 3.8) is 0 Å². The molecule has 0 radical (unpaired) electrons. The number of nitrogens with two attached hydrogens (primary N) is 1. The van der Waals surface area contributed by atoms with Gasteiger partial charge in [-0.2, -0.15) is 0 Å². The lowest BCUT2D eigenvalue weighted by molar-refractivity contribution is 0.183. The molecular weight excluding hydrogens is 260 g/mol. The molecular formula is C9H15BrN4O. The zero-order valence-electron chi connectivity index (χ0n) is 8.61. The molecule has 0 spiro atoms. The number of ether oxygens (including phenoxy) is 1. The van der Waals surface area contributed by atoms with Gasteiger partial charge in [0.05, 0.1) is 17.1 Å². The van der Waals surface area contributed by atoms with Gasteiger partial charge in [0.1, 0.15) is 0 Å². The number of aromatic nitrogens is 2. The Morgan fingerprint density at radius 2 is 2.20 bits per heavy atom. The molecule has 6 heteroatoms. The van der Waals surface area contributed by atoms with Gasteiger partial charge >= 0.3 is 0 Å². The van der Waals surface area contributed by atoms with E-state index in [1.165, 1.54) is 0 Å². The number of nitrogens with zero attached hydrogens (tertiary/aromatic N) is 2. The Hall–Kier alpha value is -0.720. The van der Waals surface area contributed by atoms with E-state index in [2.05, 4.69) is 31.2 Å². The molecule has 15 heavy (non-hydrogen) atoms. The molecule has 1 rings (SSSR count). The molecule has 0 saturated heterocycles. The zero-order valence-corrected chi connectivity index (χ0v) is 10.2. The van der Waals surface area contributed by atoms with Crippen molar-refractivity contribution in [2.75, 3.05) is 25.6 Å². The van der Waals surface area contributed by atoms with Crippen LogP contribution in [0, 0.1) is 0 Å². The average molecular weight is 275 g/mol. The van der Waals surface area contributed by atoms with Crippen molar-refractivity contribution in [2.24, 2.45) is 5.73 Å². The van der Waals surface area contributed by atoms with Crippen LogP contribution in [-0.4, -0.2) is 36.3 Å². The summed E-state index contributed by atoms with van der Waals surface area (Å²) in [5.74, 6) is 0.591. The van der Waals surface area contributed by atoms with Gasteiger partial charge < -0.3 is 15.8 Å². The van der Waals surface area contributed by atoms with Gasteiger partial charge in [0.2, 0.25) is 5.95 Å². The maximum absolute atomic E-state index is 5.49. The van der Waals surface area contributed by atoms with Crippen LogP contribution in [0.25, 0.3) is 0 Å². The Labute approximate surface area is 97.6 Å². The molecule has 0 aliphatic rings. The quantitative estimate of drug-likeness (QED) is 0.810. The first kappa shape index (κ1) is 12.4. The lowest BCUT2D eigenvalue weighted by Gasteiger charge is -2.16. The van der Waals surface area contributed by atoms with Gasteiger partial charge in [-0.3, -0.25) is 0 Å². The number of anilines is 1. The summed E-state index contributed by atoms with van der Waals surface area (Å²) in [5, 5.41) is 3.16. The number of hydrogen-bond donors (Lipinski definition) is 2. The summed E-state index contributed by atoms with van der Waals surface area (Å²) in [6.45, 7) is 1.20. The molecule has 0 bridgehead atoms. The Bertz CT molecular complexity index is 274. The van der Waals surface area contributed by atoms with Crippen molar-refractivity contribution in [1.29, 1.82) is 0 Å². The van der Waals surface area contributed by atoms with E-state index in [9.17, 15) is 0 Å². The fourth-order valence-corrected chi connectivity index (χ4v) is 1.37. The molecule has 0 amide bonds. The van der Waals surface area contributed by atoms with E-state index in [0.717, 1.165) is 10.9 Å². The first-order valence-electron chi connectivity index (χ1n) is 4.69. The summed E-state index contributed by atoms with van der Waals surface area (Å²) < 4.78 is 5.93. The largest absolute Gasteiger partial charge is 0.383 e.